The van der Waals surface area contributed by atoms with Gasteiger partial charge in [-0.2, -0.15) is 5.10 Å². The molecule has 1 amide bonds. The van der Waals surface area contributed by atoms with Crippen molar-refractivity contribution in [3.63, 3.8) is 0 Å². The summed E-state index contributed by atoms with van der Waals surface area (Å²) in [5, 5.41) is 16.8. The van der Waals surface area contributed by atoms with Gasteiger partial charge in [0.15, 0.2) is 11.4 Å². The van der Waals surface area contributed by atoms with Crippen molar-refractivity contribution in [2.24, 2.45) is 0 Å². The van der Waals surface area contributed by atoms with Gasteiger partial charge in [-0.25, -0.2) is 4.68 Å². The SMILES string of the molecule is O=C(Nc1ccc(Br)cc1)c1nn(-c2ccccc2)cc1O. The molecule has 0 saturated carbocycles. The molecule has 0 aliphatic carbocycles. The second-order valence-electron chi connectivity index (χ2n) is 4.60. The van der Waals surface area contributed by atoms with Crippen LogP contribution in [0.15, 0.2) is 65.3 Å². The summed E-state index contributed by atoms with van der Waals surface area (Å²) in [5.41, 5.74) is 1.37. The summed E-state index contributed by atoms with van der Waals surface area (Å²) in [6, 6.07) is 16.4. The zero-order valence-corrected chi connectivity index (χ0v) is 13.0. The molecule has 0 fully saturated rings. The van der Waals surface area contributed by atoms with Gasteiger partial charge in [-0.3, -0.25) is 4.79 Å². The minimum Gasteiger partial charge on any atom is -0.504 e. The Morgan fingerprint density at radius 1 is 1.09 bits per heavy atom. The summed E-state index contributed by atoms with van der Waals surface area (Å²) in [6.07, 6.45) is 1.41. The molecule has 0 atom stereocenters. The van der Waals surface area contributed by atoms with Crippen molar-refractivity contribution >= 4 is 27.5 Å². The van der Waals surface area contributed by atoms with Crippen molar-refractivity contribution in [3.8, 4) is 11.4 Å². The largest absolute Gasteiger partial charge is 0.504 e. The van der Waals surface area contributed by atoms with E-state index in [0.29, 0.717) is 5.69 Å². The van der Waals surface area contributed by atoms with Gasteiger partial charge in [-0.05, 0) is 36.4 Å². The Labute approximate surface area is 135 Å². The van der Waals surface area contributed by atoms with Crippen molar-refractivity contribution in [2.45, 2.75) is 0 Å². The van der Waals surface area contributed by atoms with Gasteiger partial charge >= 0.3 is 0 Å². The van der Waals surface area contributed by atoms with Gasteiger partial charge in [0, 0.05) is 10.2 Å². The fraction of sp³-hybridized carbons (Fsp3) is 0. The number of rotatable bonds is 3. The van der Waals surface area contributed by atoms with E-state index in [1.807, 2.05) is 42.5 Å². The van der Waals surface area contributed by atoms with Crippen LogP contribution in [-0.2, 0) is 0 Å². The summed E-state index contributed by atoms with van der Waals surface area (Å²) in [4.78, 5) is 12.2. The minimum atomic E-state index is -0.463. The highest BCUT2D eigenvalue weighted by molar-refractivity contribution is 9.10. The molecule has 0 radical (unpaired) electrons. The first kappa shape index (κ1) is 14.3. The van der Waals surface area contributed by atoms with Crippen LogP contribution in [0, 0.1) is 0 Å². The van der Waals surface area contributed by atoms with E-state index in [9.17, 15) is 9.90 Å². The van der Waals surface area contributed by atoms with Crippen LogP contribution in [0.4, 0.5) is 5.69 Å². The molecule has 110 valence electrons. The molecule has 2 aromatic carbocycles. The molecule has 1 aromatic heterocycles. The zero-order chi connectivity index (χ0) is 15.5. The molecule has 22 heavy (non-hydrogen) atoms. The number of para-hydroxylation sites is 1. The Hall–Kier alpha value is -2.60. The Bertz CT molecular complexity index is 798. The maximum absolute atomic E-state index is 12.2. The first-order valence-electron chi connectivity index (χ1n) is 6.54. The van der Waals surface area contributed by atoms with Gasteiger partial charge in [0.05, 0.1) is 11.9 Å². The van der Waals surface area contributed by atoms with E-state index in [2.05, 4.69) is 26.3 Å². The second-order valence-corrected chi connectivity index (χ2v) is 5.52. The third-order valence-corrected chi connectivity index (χ3v) is 3.56. The Balaban J connectivity index is 1.84. The fourth-order valence-electron chi connectivity index (χ4n) is 1.96. The molecule has 1 heterocycles. The minimum absolute atomic E-state index is 0.0215. The molecule has 0 unspecified atom stereocenters. The number of nitrogens with one attached hydrogen (secondary N) is 1. The number of carbonyl (C=O) groups excluding carboxylic acids is 1. The summed E-state index contributed by atoms with van der Waals surface area (Å²) in [6.45, 7) is 0. The van der Waals surface area contributed by atoms with Crippen molar-refractivity contribution in [1.29, 1.82) is 0 Å². The molecule has 0 aliphatic heterocycles. The number of carbonyl (C=O) groups is 1. The Morgan fingerprint density at radius 3 is 2.45 bits per heavy atom. The van der Waals surface area contributed by atoms with Gasteiger partial charge < -0.3 is 10.4 Å². The monoisotopic (exact) mass is 357 g/mol. The van der Waals surface area contributed by atoms with E-state index < -0.39 is 5.91 Å². The van der Waals surface area contributed by atoms with E-state index >= 15 is 0 Å². The number of benzene rings is 2. The van der Waals surface area contributed by atoms with Crippen LogP contribution in [-0.4, -0.2) is 20.8 Å². The van der Waals surface area contributed by atoms with E-state index in [-0.39, 0.29) is 11.4 Å². The summed E-state index contributed by atoms with van der Waals surface area (Å²) in [7, 11) is 0. The molecular weight excluding hydrogens is 346 g/mol. The average molecular weight is 358 g/mol. The fourth-order valence-corrected chi connectivity index (χ4v) is 2.23. The average Bonchev–Trinajstić information content (AvgIpc) is 2.92. The van der Waals surface area contributed by atoms with Crippen molar-refractivity contribution in [2.75, 3.05) is 5.32 Å². The third-order valence-electron chi connectivity index (χ3n) is 3.03. The topological polar surface area (TPSA) is 67.2 Å². The van der Waals surface area contributed by atoms with Crippen LogP contribution in [0.5, 0.6) is 5.75 Å². The van der Waals surface area contributed by atoms with Crippen molar-refractivity contribution in [1.82, 2.24) is 9.78 Å². The number of hydrogen-bond donors (Lipinski definition) is 2. The predicted molar refractivity (Wildman–Crippen MR) is 87.3 cm³/mol. The number of amides is 1. The number of aromatic nitrogens is 2. The molecule has 6 heteroatoms. The number of nitrogens with zero attached hydrogens (tertiary/aromatic N) is 2. The first-order chi connectivity index (χ1) is 10.6. The highest BCUT2D eigenvalue weighted by Crippen LogP contribution is 2.20. The van der Waals surface area contributed by atoms with Crippen molar-refractivity contribution in [3.05, 3.63) is 71.0 Å². The Kier molecular flexibility index (Phi) is 3.93. The molecule has 0 spiro atoms. The highest BCUT2D eigenvalue weighted by atomic mass is 79.9. The lowest BCUT2D eigenvalue weighted by atomic mass is 10.3. The maximum Gasteiger partial charge on any atom is 0.280 e. The van der Waals surface area contributed by atoms with E-state index in [0.717, 1.165) is 10.2 Å². The van der Waals surface area contributed by atoms with Crippen LogP contribution in [0.3, 0.4) is 0 Å². The van der Waals surface area contributed by atoms with Gasteiger partial charge in [-0.1, -0.05) is 34.1 Å². The number of aromatic hydroxyl groups is 1. The van der Waals surface area contributed by atoms with Gasteiger partial charge in [0.25, 0.3) is 5.91 Å². The smallest absolute Gasteiger partial charge is 0.280 e. The lowest BCUT2D eigenvalue weighted by Crippen LogP contribution is -2.13. The summed E-state index contributed by atoms with van der Waals surface area (Å²) in [5.74, 6) is -0.632. The van der Waals surface area contributed by atoms with Crippen LogP contribution < -0.4 is 5.32 Å². The van der Waals surface area contributed by atoms with Crippen LogP contribution in [0.1, 0.15) is 10.5 Å². The lowest BCUT2D eigenvalue weighted by molar-refractivity contribution is 0.101. The lowest BCUT2D eigenvalue weighted by Gasteiger charge is -2.03. The molecule has 5 nitrogen and oxygen atoms in total. The molecule has 0 aliphatic rings. The van der Waals surface area contributed by atoms with Crippen LogP contribution in [0.2, 0.25) is 0 Å². The first-order valence-corrected chi connectivity index (χ1v) is 7.34. The van der Waals surface area contributed by atoms with Crippen molar-refractivity contribution < 1.29 is 9.90 Å². The quantitative estimate of drug-likeness (QED) is 0.752. The van der Waals surface area contributed by atoms with Gasteiger partial charge in [0.1, 0.15) is 0 Å². The standard InChI is InChI=1S/C16H12BrN3O2/c17-11-6-8-12(9-7-11)18-16(22)15-14(21)10-20(19-15)13-4-2-1-3-5-13/h1-10,21H,(H,18,22). The van der Waals surface area contributed by atoms with Gasteiger partial charge in [0.2, 0.25) is 0 Å². The third kappa shape index (κ3) is 3.01. The summed E-state index contributed by atoms with van der Waals surface area (Å²) < 4.78 is 2.38. The van der Waals surface area contributed by atoms with E-state index in [4.69, 9.17) is 0 Å². The van der Waals surface area contributed by atoms with Crippen LogP contribution >= 0.6 is 15.9 Å². The predicted octanol–water partition coefficient (Wildman–Crippen LogP) is 3.59. The molecule has 0 bridgehead atoms. The zero-order valence-electron chi connectivity index (χ0n) is 11.4. The molecule has 0 saturated heterocycles. The second kappa shape index (κ2) is 6.03. The van der Waals surface area contributed by atoms with Crippen LogP contribution in [0.25, 0.3) is 5.69 Å². The molecule has 2 N–H and O–H groups in total. The maximum atomic E-state index is 12.2. The van der Waals surface area contributed by atoms with E-state index in [1.54, 1.807) is 12.1 Å². The normalized spacial score (nSPS) is 10.4. The molecular formula is C16H12BrN3O2. The molecule has 3 rings (SSSR count). The highest BCUT2D eigenvalue weighted by Gasteiger charge is 2.17. The Morgan fingerprint density at radius 2 is 1.77 bits per heavy atom. The van der Waals surface area contributed by atoms with Gasteiger partial charge in [-0.15, -0.1) is 0 Å². The molecule has 3 aromatic rings. The number of halogens is 1. The summed E-state index contributed by atoms with van der Waals surface area (Å²) >= 11 is 3.33. The number of hydrogen-bond acceptors (Lipinski definition) is 3. The van der Waals surface area contributed by atoms with E-state index in [1.165, 1.54) is 10.9 Å². The number of anilines is 1.